The zero-order valence-electron chi connectivity index (χ0n) is 20.8. The molecule has 204 valence electrons. The van der Waals surface area contributed by atoms with Gasteiger partial charge in [0.2, 0.25) is 0 Å². The molecule has 1 aliphatic rings. The van der Waals surface area contributed by atoms with E-state index < -0.39 is 17.8 Å². The second kappa shape index (κ2) is 12.8. The Morgan fingerprint density at radius 2 is 1.64 bits per heavy atom. The van der Waals surface area contributed by atoms with Crippen molar-refractivity contribution in [1.82, 2.24) is 4.90 Å². The average Bonchev–Trinajstić information content (AvgIpc) is 2.93. The summed E-state index contributed by atoms with van der Waals surface area (Å²) in [5.41, 5.74) is 2.00. The summed E-state index contributed by atoms with van der Waals surface area (Å²) in [5.74, 6) is 0.589. The highest BCUT2D eigenvalue weighted by atomic mass is 35.5. The SMILES string of the molecule is N#C/C(=C\c1ccc(OCC(O)CN2CCN(c3ccc(C(F)(F)F)cc3)CC2)cc1)c1ccc(Cl)c(Cl)c1. The third-order valence-corrected chi connectivity index (χ3v) is 7.12. The number of nitriles is 1. The number of aliphatic hydroxyl groups excluding tert-OH is 1. The molecule has 10 heteroatoms. The molecular weight excluding hydrogens is 550 g/mol. The van der Waals surface area contributed by atoms with E-state index in [2.05, 4.69) is 11.0 Å². The van der Waals surface area contributed by atoms with Crippen LogP contribution in [0.3, 0.4) is 0 Å². The molecule has 4 rings (SSSR count). The quantitative estimate of drug-likeness (QED) is 0.241. The first-order chi connectivity index (χ1) is 18.6. The highest BCUT2D eigenvalue weighted by molar-refractivity contribution is 6.42. The summed E-state index contributed by atoms with van der Waals surface area (Å²) in [5, 5.41) is 20.8. The molecule has 1 aliphatic heterocycles. The summed E-state index contributed by atoms with van der Waals surface area (Å²) in [7, 11) is 0. The molecule has 1 N–H and O–H groups in total. The number of benzene rings is 3. The van der Waals surface area contributed by atoms with Gasteiger partial charge in [-0.25, -0.2) is 0 Å². The zero-order valence-corrected chi connectivity index (χ0v) is 22.3. The van der Waals surface area contributed by atoms with Crippen molar-refractivity contribution in [2.45, 2.75) is 12.3 Å². The number of piperazine rings is 1. The minimum Gasteiger partial charge on any atom is -0.491 e. The third-order valence-electron chi connectivity index (χ3n) is 6.39. The molecule has 1 fully saturated rings. The molecule has 3 aromatic rings. The van der Waals surface area contributed by atoms with E-state index in [1.807, 2.05) is 17.0 Å². The van der Waals surface area contributed by atoms with Crippen molar-refractivity contribution in [1.29, 1.82) is 5.26 Å². The number of rotatable bonds is 8. The Hall–Kier alpha value is -3.22. The van der Waals surface area contributed by atoms with Gasteiger partial charge in [-0.05, 0) is 65.7 Å². The van der Waals surface area contributed by atoms with Crippen LogP contribution in [0.5, 0.6) is 5.75 Å². The average molecular weight is 576 g/mol. The number of nitrogens with zero attached hydrogens (tertiary/aromatic N) is 3. The zero-order chi connectivity index (χ0) is 28.0. The normalized spacial score (nSPS) is 15.6. The Balaban J connectivity index is 1.24. The van der Waals surface area contributed by atoms with Crippen LogP contribution in [0.4, 0.5) is 18.9 Å². The van der Waals surface area contributed by atoms with Crippen LogP contribution in [-0.4, -0.2) is 55.4 Å². The van der Waals surface area contributed by atoms with E-state index in [1.165, 1.54) is 12.1 Å². The Morgan fingerprint density at radius 3 is 2.23 bits per heavy atom. The fraction of sp³-hybridized carbons (Fsp3) is 0.276. The summed E-state index contributed by atoms with van der Waals surface area (Å²) in [6.07, 6.45) is -3.31. The number of alkyl halides is 3. The van der Waals surface area contributed by atoms with Gasteiger partial charge in [0, 0.05) is 38.4 Å². The van der Waals surface area contributed by atoms with Crippen LogP contribution in [-0.2, 0) is 6.18 Å². The molecule has 0 aliphatic carbocycles. The van der Waals surface area contributed by atoms with Gasteiger partial charge < -0.3 is 14.7 Å². The molecule has 0 saturated carbocycles. The van der Waals surface area contributed by atoms with E-state index in [1.54, 1.807) is 36.4 Å². The minimum atomic E-state index is -4.34. The highest BCUT2D eigenvalue weighted by Crippen LogP contribution is 2.31. The lowest BCUT2D eigenvalue weighted by Crippen LogP contribution is -2.49. The van der Waals surface area contributed by atoms with Crippen molar-refractivity contribution < 1.29 is 23.0 Å². The van der Waals surface area contributed by atoms with Gasteiger partial charge in [-0.2, -0.15) is 18.4 Å². The highest BCUT2D eigenvalue weighted by Gasteiger charge is 2.30. The number of hydrogen-bond donors (Lipinski definition) is 1. The first kappa shape index (κ1) is 28.8. The van der Waals surface area contributed by atoms with Crippen LogP contribution < -0.4 is 9.64 Å². The van der Waals surface area contributed by atoms with E-state index in [4.69, 9.17) is 27.9 Å². The van der Waals surface area contributed by atoms with Gasteiger partial charge in [-0.3, -0.25) is 4.90 Å². The van der Waals surface area contributed by atoms with Gasteiger partial charge in [-0.15, -0.1) is 0 Å². The molecule has 1 atom stereocenters. The van der Waals surface area contributed by atoms with Crippen molar-refractivity contribution in [3.63, 3.8) is 0 Å². The maximum absolute atomic E-state index is 12.8. The fourth-order valence-electron chi connectivity index (χ4n) is 4.26. The summed E-state index contributed by atoms with van der Waals surface area (Å²) >= 11 is 12.0. The predicted molar refractivity (Wildman–Crippen MR) is 148 cm³/mol. The lowest BCUT2D eigenvalue weighted by atomic mass is 10.0. The molecule has 5 nitrogen and oxygen atoms in total. The number of β-amino-alcohol motifs (C(OH)–C–C–N with tert-alkyl or cyclic N) is 1. The molecule has 0 bridgehead atoms. The van der Waals surface area contributed by atoms with Gasteiger partial charge in [0.05, 0.1) is 27.3 Å². The molecule has 1 heterocycles. The first-order valence-corrected chi connectivity index (χ1v) is 13.0. The van der Waals surface area contributed by atoms with E-state index in [-0.39, 0.29) is 6.61 Å². The predicted octanol–water partition coefficient (Wildman–Crippen LogP) is 6.64. The maximum atomic E-state index is 12.8. The van der Waals surface area contributed by atoms with E-state index in [0.717, 1.165) is 23.4 Å². The van der Waals surface area contributed by atoms with Gasteiger partial charge in [0.25, 0.3) is 0 Å². The van der Waals surface area contributed by atoms with Crippen LogP contribution in [0.15, 0.2) is 66.7 Å². The van der Waals surface area contributed by atoms with Gasteiger partial charge in [-0.1, -0.05) is 41.4 Å². The molecule has 0 aromatic heterocycles. The number of hydrogen-bond acceptors (Lipinski definition) is 5. The summed E-state index contributed by atoms with van der Waals surface area (Å²) in [6.45, 7) is 3.21. The molecular formula is C29H26Cl2F3N3O2. The fourth-order valence-corrected chi connectivity index (χ4v) is 4.56. The van der Waals surface area contributed by atoms with Gasteiger partial charge in [0.1, 0.15) is 18.5 Å². The lowest BCUT2D eigenvalue weighted by molar-refractivity contribution is -0.137. The number of halogens is 5. The van der Waals surface area contributed by atoms with Crippen LogP contribution in [0.25, 0.3) is 11.6 Å². The first-order valence-electron chi connectivity index (χ1n) is 12.2. The number of allylic oxidation sites excluding steroid dienone is 1. The standard InChI is InChI=1S/C29H26Cl2F3N3O2/c30-27-10-3-21(16-28(27)31)22(17-35)15-20-1-8-26(9-2-20)39-19-25(38)18-36-11-13-37(14-12-36)24-6-4-23(5-7-24)29(32,33)34/h1-10,15-16,25,38H,11-14,18-19H2/b22-15+. The van der Waals surface area contributed by atoms with Gasteiger partial charge >= 0.3 is 6.18 Å². The van der Waals surface area contributed by atoms with Crippen molar-refractivity contribution >= 4 is 40.5 Å². The van der Waals surface area contributed by atoms with Crippen molar-refractivity contribution in [3.8, 4) is 11.8 Å². The molecule has 1 unspecified atom stereocenters. The van der Waals surface area contributed by atoms with E-state index >= 15 is 0 Å². The maximum Gasteiger partial charge on any atom is 0.416 e. The Bertz CT molecular complexity index is 1330. The molecule has 39 heavy (non-hydrogen) atoms. The van der Waals surface area contributed by atoms with E-state index in [0.29, 0.717) is 59.7 Å². The summed E-state index contributed by atoms with van der Waals surface area (Å²) in [6, 6.07) is 19.6. The number of ether oxygens (including phenoxy) is 1. The lowest BCUT2D eigenvalue weighted by Gasteiger charge is -2.37. The second-order valence-electron chi connectivity index (χ2n) is 9.16. The number of anilines is 1. The van der Waals surface area contributed by atoms with Crippen molar-refractivity contribution in [2.24, 2.45) is 0 Å². The van der Waals surface area contributed by atoms with Crippen molar-refractivity contribution in [2.75, 3.05) is 44.2 Å². The third kappa shape index (κ3) is 7.90. The summed E-state index contributed by atoms with van der Waals surface area (Å²) < 4.78 is 44.1. The van der Waals surface area contributed by atoms with E-state index in [9.17, 15) is 23.5 Å². The smallest absolute Gasteiger partial charge is 0.416 e. The van der Waals surface area contributed by atoms with Crippen LogP contribution in [0, 0.1) is 11.3 Å². The van der Waals surface area contributed by atoms with Gasteiger partial charge in [0.15, 0.2) is 0 Å². The minimum absolute atomic E-state index is 0.112. The Labute approximate surface area is 235 Å². The molecule has 0 radical (unpaired) electrons. The Kier molecular flexibility index (Phi) is 9.41. The van der Waals surface area contributed by atoms with Crippen LogP contribution in [0.2, 0.25) is 10.0 Å². The monoisotopic (exact) mass is 575 g/mol. The molecule has 0 amide bonds. The Morgan fingerprint density at radius 1 is 0.974 bits per heavy atom. The molecule has 0 spiro atoms. The largest absolute Gasteiger partial charge is 0.491 e. The molecule has 3 aromatic carbocycles. The van der Waals surface area contributed by atoms with Crippen LogP contribution >= 0.6 is 23.2 Å². The second-order valence-corrected chi connectivity index (χ2v) is 9.98. The van der Waals surface area contributed by atoms with Crippen molar-refractivity contribution in [3.05, 3.63) is 93.5 Å². The topological polar surface area (TPSA) is 59.7 Å². The summed E-state index contributed by atoms with van der Waals surface area (Å²) in [4.78, 5) is 4.14. The number of aliphatic hydroxyl groups is 1. The molecule has 1 saturated heterocycles. The van der Waals surface area contributed by atoms with Crippen LogP contribution in [0.1, 0.15) is 16.7 Å².